The Hall–Kier alpha value is -2.53. The first kappa shape index (κ1) is 14.9. The fourth-order valence-electron chi connectivity index (χ4n) is 1.77. The van der Waals surface area contributed by atoms with Crippen molar-refractivity contribution < 1.29 is 14.7 Å². The number of benzene rings is 2. The second kappa shape index (κ2) is 6.76. The van der Waals surface area contributed by atoms with Crippen LogP contribution < -0.4 is 10.2 Å². The Morgan fingerprint density at radius 3 is 2.43 bits per heavy atom. The Labute approximate surface area is 126 Å². The van der Waals surface area contributed by atoms with Gasteiger partial charge in [-0.15, -0.1) is 0 Å². The molecule has 0 saturated heterocycles. The molecule has 0 aliphatic heterocycles. The summed E-state index contributed by atoms with van der Waals surface area (Å²) in [5, 5.41) is 12.0. The van der Waals surface area contributed by atoms with Gasteiger partial charge in [0.15, 0.2) is 0 Å². The highest BCUT2D eigenvalue weighted by Gasteiger charge is 2.19. The van der Waals surface area contributed by atoms with Crippen molar-refractivity contribution in [2.24, 2.45) is 0 Å². The number of carboxylic acids is 1. The van der Waals surface area contributed by atoms with Gasteiger partial charge in [0.2, 0.25) is 0 Å². The van der Waals surface area contributed by atoms with Crippen molar-refractivity contribution in [1.82, 2.24) is 0 Å². The molecule has 2 aromatic rings. The van der Waals surface area contributed by atoms with Gasteiger partial charge in [0.05, 0.1) is 0 Å². The predicted octanol–water partition coefficient (Wildman–Crippen LogP) is 3.46. The molecule has 2 N–H and O–H groups in total. The van der Waals surface area contributed by atoms with Crippen LogP contribution in [0.25, 0.3) is 0 Å². The van der Waals surface area contributed by atoms with E-state index in [4.69, 9.17) is 16.7 Å². The molecule has 108 valence electrons. The number of halogens is 1. The second-order valence-corrected chi connectivity index (χ2v) is 4.69. The number of hydrogen-bond donors (Lipinski definition) is 2. The monoisotopic (exact) mass is 304 g/mol. The van der Waals surface area contributed by atoms with Crippen LogP contribution >= 0.6 is 11.6 Å². The Balaban J connectivity index is 2.23. The number of carbonyl (C=O) groups is 2. The van der Waals surface area contributed by atoms with Crippen molar-refractivity contribution in [2.45, 2.75) is 0 Å². The Kier molecular flexibility index (Phi) is 4.79. The molecule has 5 nitrogen and oxygen atoms in total. The van der Waals surface area contributed by atoms with E-state index in [2.05, 4.69) is 5.32 Å². The first-order valence-electron chi connectivity index (χ1n) is 6.17. The lowest BCUT2D eigenvalue weighted by Gasteiger charge is -2.21. The highest BCUT2D eigenvalue weighted by molar-refractivity contribution is 6.31. The number of carboxylic acid groups (broad SMARTS) is 1. The van der Waals surface area contributed by atoms with Crippen molar-refractivity contribution >= 4 is 35.0 Å². The van der Waals surface area contributed by atoms with Crippen molar-refractivity contribution in [3.05, 3.63) is 59.6 Å². The first-order chi connectivity index (χ1) is 10.1. The summed E-state index contributed by atoms with van der Waals surface area (Å²) >= 11 is 5.88. The summed E-state index contributed by atoms with van der Waals surface area (Å²) < 4.78 is 0. The number of nitrogens with one attached hydrogen (secondary N) is 1. The molecule has 0 saturated carbocycles. The maximum absolute atomic E-state index is 12.3. The molecular formula is C15H13ClN2O3. The van der Waals surface area contributed by atoms with Crippen LogP contribution in [-0.4, -0.2) is 23.7 Å². The van der Waals surface area contributed by atoms with Gasteiger partial charge < -0.3 is 10.4 Å². The van der Waals surface area contributed by atoms with Gasteiger partial charge in [-0.05, 0) is 30.3 Å². The van der Waals surface area contributed by atoms with Gasteiger partial charge >= 0.3 is 12.0 Å². The summed E-state index contributed by atoms with van der Waals surface area (Å²) in [5.41, 5.74) is 0.998. The van der Waals surface area contributed by atoms with E-state index in [1.165, 1.54) is 6.07 Å². The summed E-state index contributed by atoms with van der Waals surface area (Å²) in [6.45, 7) is -0.459. The van der Waals surface area contributed by atoms with Crippen molar-refractivity contribution in [3.63, 3.8) is 0 Å². The summed E-state index contributed by atoms with van der Waals surface area (Å²) in [5.74, 6) is -1.11. The first-order valence-corrected chi connectivity index (χ1v) is 6.55. The fraction of sp³-hybridized carbons (Fsp3) is 0.0667. The van der Waals surface area contributed by atoms with Crippen LogP contribution in [0.15, 0.2) is 54.6 Å². The molecule has 0 heterocycles. The minimum absolute atomic E-state index is 0.415. The molecule has 0 bridgehead atoms. The van der Waals surface area contributed by atoms with E-state index in [0.717, 1.165) is 4.90 Å². The van der Waals surface area contributed by atoms with Gasteiger partial charge in [0, 0.05) is 16.4 Å². The summed E-state index contributed by atoms with van der Waals surface area (Å²) in [6.07, 6.45) is 0. The summed E-state index contributed by atoms with van der Waals surface area (Å²) in [7, 11) is 0. The molecule has 2 aromatic carbocycles. The molecule has 0 aromatic heterocycles. The van der Waals surface area contributed by atoms with Gasteiger partial charge in [-0.2, -0.15) is 0 Å². The number of urea groups is 1. The zero-order valence-electron chi connectivity index (χ0n) is 11.0. The van der Waals surface area contributed by atoms with E-state index < -0.39 is 18.5 Å². The zero-order chi connectivity index (χ0) is 15.2. The van der Waals surface area contributed by atoms with E-state index in [1.54, 1.807) is 42.5 Å². The molecule has 0 spiro atoms. The largest absolute Gasteiger partial charge is 0.480 e. The van der Waals surface area contributed by atoms with Crippen molar-refractivity contribution in [2.75, 3.05) is 16.8 Å². The number of aliphatic carboxylic acids is 1. The normalized spacial score (nSPS) is 9.95. The van der Waals surface area contributed by atoms with Gasteiger partial charge in [-0.25, -0.2) is 4.79 Å². The van der Waals surface area contributed by atoms with Crippen LogP contribution in [0.3, 0.4) is 0 Å². The van der Waals surface area contributed by atoms with E-state index in [0.29, 0.717) is 16.4 Å². The third-order valence-electron chi connectivity index (χ3n) is 2.68. The smallest absolute Gasteiger partial charge is 0.326 e. The zero-order valence-corrected chi connectivity index (χ0v) is 11.7. The molecule has 0 fully saturated rings. The number of para-hydroxylation sites is 1. The summed E-state index contributed by atoms with van der Waals surface area (Å²) in [4.78, 5) is 24.4. The van der Waals surface area contributed by atoms with Gasteiger partial charge in [-0.3, -0.25) is 9.69 Å². The summed E-state index contributed by atoms with van der Waals surface area (Å²) in [6, 6.07) is 14.7. The Morgan fingerprint density at radius 2 is 1.81 bits per heavy atom. The Bertz CT molecular complexity index is 646. The lowest BCUT2D eigenvalue weighted by Crippen LogP contribution is -2.38. The van der Waals surface area contributed by atoms with E-state index in [1.807, 2.05) is 6.07 Å². The molecule has 0 unspecified atom stereocenters. The van der Waals surface area contributed by atoms with Gasteiger partial charge in [0.1, 0.15) is 6.54 Å². The number of amides is 2. The van der Waals surface area contributed by atoms with Crippen molar-refractivity contribution in [3.8, 4) is 0 Å². The van der Waals surface area contributed by atoms with Crippen LogP contribution in [0.4, 0.5) is 16.2 Å². The number of anilines is 2. The highest BCUT2D eigenvalue weighted by atomic mass is 35.5. The molecule has 2 amide bonds. The number of rotatable bonds is 4. The van der Waals surface area contributed by atoms with Gasteiger partial charge in [-0.1, -0.05) is 35.9 Å². The second-order valence-electron chi connectivity index (χ2n) is 4.26. The van der Waals surface area contributed by atoms with Gasteiger partial charge in [0.25, 0.3) is 0 Å². The number of hydrogen-bond acceptors (Lipinski definition) is 2. The third-order valence-corrected chi connectivity index (χ3v) is 2.92. The minimum Gasteiger partial charge on any atom is -0.480 e. The van der Waals surface area contributed by atoms with E-state index in [9.17, 15) is 9.59 Å². The minimum atomic E-state index is -1.11. The molecule has 0 aliphatic carbocycles. The molecule has 2 rings (SSSR count). The molecule has 6 heteroatoms. The average molecular weight is 305 g/mol. The van der Waals surface area contributed by atoms with E-state index >= 15 is 0 Å². The molecule has 21 heavy (non-hydrogen) atoms. The maximum atomic E-state index is 12.3. The Morgan fingerprint density at radius 1 is 1.10 bits per heavy atom. The molecule has 0 atom stereocenters. The van der Waals surface area contributed by atoms with Crippen LogP contribution in [0.1, 0.15) is 0 Å². The molecular weight excluding hydrogens is 292 g/mol. The topological polar surface area (TPSA) is 69.6 Å². The number of carbonyl (C=O) groups excluding carboxylic acids is 1. The van der Waals surface area contributed by atoms with Crippen LogP contribution in [-0.2, 0) is 4.79 Å². The number of nitrogens with zero attached hydrogens (tertiary/aromatic N) is 1. The molecule has 0 aliphatic rings. The van der Waals surface area contributed by atoms with Crippen molar-refractivity contribution in [1.29, 1.82) is 0 Å². The van der Waals surface area contributed by atoms with Crippen LogP contribution in [0.2, 0.25) is 5.02 Å². The lowest BCUT2D eigenvalue weighted by atomic mass is 10.3. The predicted molar refractivity (Wildman–Crippen MR) is 81.9 cm³/mol. The third kappa shape index (κ3) is 4.22. The SMILES string of the molecule is O=C(O)CN(C(=O)Nc1ccccc1)c1cccc(Cl)c1. The highest BCUT2D eigenvalue weighted by Crippen LogP contribution is 2.20. The maximum Gasteiger partial charge on any atom is 0.326 e. The van der Waals surface area contributed by atoms with Crippen LogP contribution in [0.5, 0.6) is 0 Å². The molecule has 0 radical (unpaired) electrons. The standard InChI is InChI=1S/C15H13ClN2O3/c16-11-5-4-8-13(9-11)18(10-14(19)20)15(21)17-12-6-2-1-3-7-12/h1-9H,10H2,(H,17,21)(H,19,20). The van der Waals surface area contributed by atoms with E-state index in [-0.39, 0.29) is 0 Å². The van der Waals surface area contributed by atoms with Crippen LogP contribution in [0, 0.1) is 0 Å². The quantitative estimate of drug-likeness (QED) is 0.908. The average Bonchev–Trinajstić information content (AvgIpc) is 2.45. The fourth-order valence-corrected chi connectivity index (χ4v) is 1.96. The lowest BCUT2D eigenvalue weighted by molar-refractivity contribution is -0.135.